The maximum absolute atomic E-state index is 5.93. The van der Waals surface area contributed by atoms with Crippen molar-refractivity contribution in [3.05, 3.63) is 59.8 Å². The number of benzene rings is 2. The molecule has 0 spiro atoms. The van der Waals surface area contributed by atoms with Crippen LogP contribution in [-0.4, -0.2) is 73.3 Å². The Morgan fingerprint density at radius 2 is 1.89 bits per heavy atom. The van der Waals surface area contributed by atoms with Crippen LogP contribution in [0.4, 0.5) is 11.9 Å². The lowest BCUT2D eigenvalue weighted by molar-refractivity contribution is 0.122. The number of hydrogen-bond acceptors (Lipinski definition) is 10. The Morgan fingerprint density at radius 3 is 2.73 bits per heavy atom. The van der Waals surface area contributed by atoms with Crippen LogP contribution >= 0.6 is 0 Å². The minimum Gasteiger partial charge on any atom is -0.493 e. The van der Waals surface area contributed by atoms with Gasteiger partial charge in [-0.05, 0) is 23.8 Å². The van der Waals surface area contributed by atoms with Crippen molar-refractivity contribution >= 4 is 29.0 Å². The van der Waals surface area contributed by atoms with Crippen LogP contribution in [0.3, 0.4) is 0 Å². The second kappa shape index (κ2) is 11.6. The number of anilines is 2. The van der Waals surface area contributed by atoms with E-state index in [1.165, 1.54) is 0 Å². The molecule has 11 heteroatoms. The maximum Gasteiger partial charge on any atom is 0.323 e. The quantitative estimate of drug-likeness (QED) is 0.248. The Balaban J connectivity index is 1.30. The van der Waals surface area contributed by atoms with Gasteiger partial charge in [0.2, 0.25) is 5.95 Å². The van der Waals surface area contributed by atoms with Crippen LogP contribution in [0, 0.1) is 0 Å². The average Bonchev–Trinajstić information content (AvgIpc) is 3.36. The van der Waals surface area contributed by atoms with Crippen LogP contribution < -0.4 is 24.5 Å². The zero-order valence-corrected chi connectivity index (χ0v) is 20.8. The number of H-pyrrole nitrogens is 1. The number of morpholine rings is 1. The van der Waals surface area contributed by atoms with Gasteiger partial charge < -0.3 is 28.8 Å². The van der Waals surface area contributed by atoms with Crippen LogP contribution in [0.1, 0.15) is 11.1 Å². The van der Waals surface area contributed by atoms with Gasteiger partial charge in [-0.3, -0.25) is 0 Å². The molecule has 1 aliphatic heterocycles. The highest BCUT2D eigenvalue weighted by molar-refractivity contribution is 5.99. The van der Waals surface area contributed by atoms with Crippen LogP contribution in [-0.2, 0) is 11.2 Å². The van der Waals surface area contributed by atoms with Gasteiger partial charge in [-0.2, -0.15) is 20.1 Å². The van der Waals surface area contributed by atoms with E-state index in [4.69, 9.17) is 18.9 Å². The smallest absolute Gasteiger partial charge is 0.323 e. The molecule has 4 aromatic rings. The zero-order chi connectivity index (χ0) is 25.5. The summed E-state index contributed by atoms with van der Waals surface area (Å²) < 4.78 is 22.1. The van der Waals surface area contributed by atoms with E-state index in [9.17, 15) is 0 Å². The molecule has 37 heavy (non-hydrogen) atoms. The number of nitrogens with one attached hydrogen (secondary N) is 2. The van der Waals surface area contributed by atoms with E-state index < -0.39 is 0 Å². The van der Waals surface area contributed by atoms with Gasteiger partial charge in [0.15, 0.2) is 11.5 Å². The Hall–Kier alpha value is -4.38. The first kappa shape index (κ1) is 24.3. The number of nitrogens with zero attached hydrogens (tertiary/aromatic N) is 5. The summed E-state index contributed by atoms with van der Waals surface area (Å²) in [7, 11) is 3.23. The highest BCUT2D eigenvalue weighted by atomic mass is 16.5. The number of aromatic amines is 1. The van der Waals surface area contributed by atoms with Crippen molar-refractivity contribution in [1.82, 2.24) is 19.9 Å². The lowest BCUT2D eigenvalue weighted by atomic mass is 10.1. The Morgan fingerprint density at radius 1 is 1.05 bits per heavy atom. The number of fused-ring (bicyclic) bond motifs is 1. The van der Waals surface area contributed by atoms with Crippen LogP contribution in [0.5, 0.6) is 17.5 Å². The van der Waals surface area contributed by atoms with Gasteiger partial charge in [-0.1, -0.05) is 24.3 Å². The summed E-state index contributed by atoms with van der Waals surface area (Å²) >= 11 is 0. The lowest BCUT2D eigenvalue weighted by Gasteiger charge is -2.26. The van der Waals surface area contributed by atoms with Crippen molar-refractivity contribution in [2.75, 3.05) is 57.5 Å². The third-order valence-corrected chi connectivity index (χ3v) is 5.96. The molecule has 1 saturated heterocycles. The number of rotatable bonds is 10. The van der Waals surface area contributed by atoms with Gasteiger partial charge in [0.25, 0.3) is 5.95 Å². The second-order valence-electron chi connectivity index (χ2n) is 8.29. The van der Waals surface area contributed by atoms with Gasteiger partial charge >= 0.3 is 6.01 Å². The fraction of sp³-hybridized carbons (Fsp3) is 0.308. The van der Waals surface area contributed by atoms with Gasteiger partial charge in [0.1, 0.15) is 0 Å². The van der Waals surface area contributed by atoms with Crippen LogP contribution in [0.25, 0.3) is 10.9 Å². The van der Waals surface area contributed by atoms with E-state index >= 15 is 0 Å². The zero-order valence-electron chi connectivity index (χ0n) is 20.8. The Kier molecular flexibility index (Phi) is 7.60. The minimum absolute atomic E-state index is 0.224. The first-order chi connectivity index (χ1) is 18.2. The van der Waals surface area contributed by atoms with E-state index in [2.05, 4.69) is 30.5 Å². The molecule has 1 aliphatic rings. The van der Waals surface area contributed by atoms with Gasteiger partial charge in [-0.15, -0.1) is 0 Å². The molecule has 0 atom stereocenters. The van der Waals surface area contributed by atoms with E-state index in [-0.39, 0.29) is 6.01 Å². The van der Waals surface area contributed by atoms with E-state index in [0.717, 1.165) is 22.0 Å². The largest absolute Gasteiger partial charge is 0.493 e. The fourth-order valence-corrected chi connectivity index (χ4v) is 4.02. The summed E-state index contributed by atoms with van der Waals surface area (Å²) in [5, 5.41) is 5.43. The summed E-state index contributed by atoms with van der Waals surface area (Å²) in [6.07, 6.45) is 4.28. The molecule has 0 aliphatic carbocycles. The topological polar surface area (TPSA) is 119 Å². The molecular weight excluding hydrogens is 474 g/mol. The molecular formula is C26H29N7O4. The second-order valence-corrected chi connectivity index (χ2v) is 8.29. The number of ether oxygens (including phenoxy) is 4. The molecule has 2 N–H and O–H groups in total. The highest BCUT2D eigenvalue weighted by Crippen LogP contribution is 2.27. The van der Waals surface area contributed by atoms with Crippen molar-refractivity contribution in [2.45, 2.75) is 6.42 Å². The SMILES string of the molecule is COc1ccc(CCOc2nc(N/N=C/c3c[nH]c4ccccc34)nc(N3CCOCC3)n2)cc1OC. The maximum atomic E-state index is 5.93. The van der Waals surface area contributed by atoms with E-state index in [1.807, 2.05) is 53.6 Å². The van der Waals surface area contributed by atoms with Crippen molar-refractivity contribution in [2.24, 2.45) is 5.10 Å². The monoisotopic (exact) mass is 503 g/mol. The summed E-state index contributed by atoms with van der Waals surface area (Å²) in [6, 6.07) is 14.0. The van der Waals surface area contributed by atoms with Crippen molar-refractivity contribution in [3.63, 3.8) is 0 Å². The molecule has 0 saturated carbocycles. The number of hydrazone groups is 1. The molecule has 0 radical (unpaired) electrons. The summed E-state index contributed by atoms with van der Waals surface area (Å²) in [5.41, 5.74) is 5.97. The predicted octanol–water partition coefficient (Wildman–Crippen LogP) is 3.27. The molecule has 1 fully saturated rings. The molecule has 2 aromatic heterocycles. The lowest BCUT2D eigenvalue weighted by Crippen LogP contribution is -2.37. The molecule has 0 unspecified atom stereocenters. The third kappa shape index (κ3) is 5.89. The number of para-hydroxylation sites is 1. The number of aromatic nitrogens is 4. The molecule has 0 bridgehead atoms. The number of hydrogen-bond donors (Lipinski definition) is 2. The summed E-state index contributed by atoms with van der Waals surface area (Å²) in [4.78, 5) is 18.8. The third-order valence-electron chi connectivity index (χ3n) is 5.96. The van der Waals surface area contributed by atoms with E-state index in [0.29, 0.717) is 62.7 Å². The Bertz CT molecular complexity index is 1370. The average molecular weight is 504 g/mol. The van der Waals surface area contributed by atoms with Gasteiger partial charge in [-0.25, -0.2) is 5.43 Å². The number of methoxy groups -OCH3 is 2. The van der Waals surface area contributed by atoms with E-state index in [1.54, 1.807) is 20.4 Å². The first-order valence-corrected chi connectivity index (χ1v) is 12.0. The molecule has 0 amide bonds. The van der Waals surface area contributed by atoms with Gasteiger partial charge in [0, 0.05) is 42.2 Å². The standard InChI is InChI=1S/C26H29N7O4/c1-34-22-8-7-18(15-23(22)35-2)9-12-37-26-30-24(29-25(31-26)33-10-13-36-14-11-33)32-28-17-19-16-27-21-6-4-3-5-20(19)21/h3-8,15-17,27H,9-14H2,1-2H3,(H,29,30,31,32)/b28-17+. The normalized spacial score (nSPS) is 13.7. The van der Waals surface area contributed by atoms with Crippen LogP contribution in [0.15, 0.2) is 53.8 Å². The molecule has 2 aromatic carbocycles. The van der Waals surface area contributed by atoms with Crippen molar-refractivity contribution in [1.29, 1.82) is 0 Å². The summed E-state index contributed by atoms with van der Waals surface area (Å²) in [5.74, 6) is 2.18. The summed E-state index contributed by atoms with van der Waals surface area (Å²) in [6.45, 7) is 2.98. The van der Waals surface area contributed by atoms with Crippen molar-refractivity contribution < 1.29 is 18.9 Å². The Labute approximate surface area is 214 Å². The van der Waals surface area contributed by atoms with Crippen molar-refractivity contribution in [3.8, 4) is 17.5 Å². The van der Waals surface area contributed by atoms with Gasteiger partial charge in [0.05, 0.1) is 40.3 Å². The van der Waals surface area contributed by atoms with Crippen LogP contribution in [0.2, 0.25) is 0 Å². The molecule has 192 valence electrons. The highest BCUT2D eigenvalue weighted by Gasteiger charge is 2.17. The minimum atomic E-state index is 0.224. The predicted molar refractivity (Wildman–Crippen MR) is 141 cm³/mol. The molecule has 3 heterocycles. The first-order valence-electron chi connectivity index (χ1n) is 12.0. The fourth-order valence-electron chi connectivity index (χ4n) is 4.02. The molecule has 5 rings (SSSR count). The molecule has 11 nitrogen and oxygen atoms in total.